The first-order chi connectivity index (χ1) is 0. The van der Waals surface area contributed by atoms with Crippen molar-refractivity contribution in [1.29, 1.82) is 0 Å². The summed E-state index contributed by atoms with van der Waals surface area (Å²) in [6, 6.07) is 0. The van der Waals surface area contributed by atoms with Crippen molar-refractivity contribution in [1.82, 2.24) is 6.15 Å². The van der Waals surface area contributed by atoms with Crippen molar-refractivity contribution in [3.05, 3.63) is 0 Å². The van der Waals surface area contributed by atoms with Crippen LogP contribution in [0.25, 0.3) is 0 Å². The first kappa shape index (κ1) is 105. The van der Waals surface area contributed by atoms with Gasteiger partial charge in [0.1, 0.15) is 0 Å². The summed E-state index contributed by atoms with van der Waals surface area (Å²) in [6.07, 6.45) is 0. The molecule has 0 radical (unpaired) electrons. The molecule has 0 bridgehead atoms. The second-order valence-corrected chi connectivity index (χ2v) is 0. The van der Waals surface area contributed by atoms with E-state index in [0.717, 1.165) is 0 Å². The Morgan fingerprint density at radius 1 is 1.00 bits per heavy atom. The van der Waals surface area contributed by atoms with Crippen molar-refractivity contribution in [2.24, 2.45) is 0 Å². The Morgan fingerprint density at radius 2 is 1.00 bits per heavy atom. The molecule has 0 saturated heterocycles. The molecule has 0 atom stereocenters. The van der Waals surface area contributed by atoms with Crippen molar-refractivity contribution >= 4 is 0 Å². The molecule has 0 aliphatic heterocycles. The Balaban J connectivity index is 0. The van der Waals surface area contributed by atoms with E-state index in [-0.39, 0.29) is 45.1 Å². The smallest absolute Gasteiger partial charge is 1.00 e. The fraction of sp³-hybridized carbons (Fsp3) is 0. The number of hydrogen-bond acceptors (Lipinski definition) is 1. The van der Waals surface area contributed by atoms with Crippen molar-refractivity contribution in [2.45, 2.75) is 0 Å². The summed E-state index contributed by atoms with van der Waals surface area (Å²) in [5.41, 5.74) is 0. The first-order valence-corrected chi connectivity index (χ1v) is 0. The molecule has 4 heavy (non-hydrogen) atoms. The fourth-order valence-electron chi connectivity index (χ4n) is 0. The van der Waals surface area contributed by atoms with Gasteiger partial charge >= 0.3 is 29.6 Å². The van der Waals surface area contributed by atoms with Crippen LogP contribution < -0.4 is 40.4 Å². The third kappa shape index (κ3) is 13.9. The van der Waals surface area contributed by atoms with Gasteiger partial charge in [-0.25, -0.2) is 0 Å². The monoisotopic (exact) mass is 79.0 g/mol. The normalized spacial score (nSPS) is 0. The van der Waals surface area contributed by atoms with Gasteiger partial charge in [-0.1, -0.05) is 0 Å². The van der Waals surface area contributed by atoms with Gasteiger partial charge in [-0.15, -0.1) is 0 Å². The fourth-order valence-corrected chi connectivity index (χ4v) is 0. The van der Waals surface area contributed by atoms with E-state index in [1.165, 1.54) is 0 Å². The van der Waals surface area contributed by atoms with Crippen molar-refractivity contribution in [3.63, 3.8) is 0 Å². The Bertz CT molecular complexity index is 6.00. The van der Waals surface area contributed by atoms with Crippen LogP contribution in [-0.4, -0.2) is 0 Å². The Kier molecular flexibility index (Phi) is 1180. The summed E-state index contributed by atoms with van der Waals surface area (Å²) >= 11 is 0. The molecule has 0 aliphatic carbocycles. The Labute approximate surface area is 45.4 Å². The van der Waals surface area contributed by atoms with Gasteiger partial charge in [0.25, 0.3) is 0 Å². The van der Waals surface area contributed by atoms with Crippen LogP contribution in [-0.2, 0) is 0 Å². The van der Waals surface area contributed by atoms with Crippen LogP contribution in [0.1, 0.15) is 0 Å². The van der Waals surface area contributed by atoms with E-state index < -0.39 is 0 Å². The number of hydrogen-bond donors (Lipinski definition) is 1. The molecular weight excluding hydrogens is 75.0 g/mol. The average molecular weight is 79.0 g/mol. The molecule has 0 spiro atoms. The maximum Gasteiger partial charge on any atom is 1.00 e. The van der Waals surface area contributed by atoms with E-state index in [1.54, 1.807) is 0 Å². The zero-order chi connectivity index (χ0) is 0. The second kappa shape index (κ2) is 45.2. The van der Waals surface area contributed by atoms with Gasteiger partial charge in [-0.2, -0.15) is 0 Å². The summed E-state index contributed by atoms with van der Waals surface area (Å²) in [7, 11) is 0. The van der Waals surface area contributed by atoms with Crippen LogP contribution in [0.2, 0.25) is 0 Å². The second-order valence-electron chi connectivity index (χ2n) is 0. The van der Waals surface area contributed by atoms with Gasteiger partial charge in [-0.3, -0.25) is 4.70 Å². The molecule has 4 heteroatoms. The molecule has 0 aliphatic rings. The van der Waals surface area contributed by atoms with E-state index in [9.17, 15) is 0 Å². The molecule has 24 valence electrons. The third-order valence-electron chi connectivity index (χ3n) is 0. The Hall–Kier alpha value is 0.820. The van der Waals surface area contributed by atoms with Gasteiger partial charge < -0.3 is 10.9 Å². The van der Waals surface area contributed by atoms with Crippen LogP contribution in [0.5, 0.6) is 0 Å². The zero-order valence-corrected chi connectivity index (χ0v) is 4.49. The van der Waals surface area contributed by atoms with E-state index >= 15 is 0 Å². The maximum atomic E-state index is 0. The van der Waals surface area contributed by atoms with Crippen LogP contribution in [0.3, 0.4) is 0 Å². The number of halogens is 2. The van der Waals surface area contributed by atoms with E-state index in [4.69, 9.17) is 0 Å². The number of rotatable bonds is 0. The van der Waals surface area contributed by atoms with Crippen molar-refractivity contribution in [2.75, 3.05) is 0 Å². The predicted molar refractivity (Wildman–Crippen MR) is 7.53 cm³/mol. The SMILES string of the molecule is F.N.[F-].[Na+]. The topological polar surface area (TPSA) is 35.0 Å². The molecule has 0 fully saturated rings. The van der Waals surface area contributed by atoms with Gasteiger partial charge in [0.15, 0.2) is 0 Å². The van der Waals surface area contributed by atoms with Crippen molar-refractivity contribution < 1.29 is 39.0 Å². The molecule has 0 aromatic rings. The molecule has 0 amide bonds. The molecule has 1 nitrogen and oxygen atoms in total. The summed E-state index contributed by atoms with van der Waals surface area (Å²) in [5, 5.41) is 0. The molecule has 0 unspecified atom stereocenters. The van der Waals surface area contributed by atoms with Gasteiger partial charge in [-0.05, 0) is 0 Å². The van der Waals surface area contributed by atoms with Crippen LogP contribution in [0.4, 0.5) is 4.70 Å². The summed E-state index contributed by atoms with van der Waals surface area (Å²) in [6.45, 7) is 0. The Morgan fingerprint density at radius 3 is 1.00 bits per heavy atom. The van der Waals surface area contributed by atoms with Crippen LogP contribution >= 0.6 is 0 Å². The first-order valence-electron chi connectivity index (χ1n) is 0. The van der Waals surface area contributed by atoms with Crippen LogP contribution in [0.15, 0.2) is 0 Å². The third-order valence-corrected chi connectivity index (χ3v) is 0. The average Bonchev–Trinajstić information content (AvgIpc) is 0. The molecule has 0 aromatic carbocycles. The summed E-state index contributed by atoms with van der Waals surface area (Å²) in [4.78, 5) is 0. The maximum absolute atomic E-state index is 0. The molecule has 0 saturated carbocycles. The molecule has 0 heterocycles. The summed E-state index contributed by atoms with van der Waals surface area (Å²) < 4.78 is 0. The molecule has 3 N–H and O–H groups in total. The standard InChI is InChI=1S/2FH.H3N.Na/h2*1H;1H3;/q;;;+1/p-1. The van der Waals surface area contributed by atoms with Gasteiger partial charge in [0.2, 0.25) is 0 Å². The zero-order valence-electron chi connectivity index (χ0n) is 2.49. The minimum atomic E-state index is 0. The summed E-state index contributed by atoms with van der Waals surface area (Å²) in [5.74, 6) is 0. The predicted octanol–water partition coefficient (Wildman–Crippen LogP) is -5.68. The largest absolute Gasteiger partial charge is 1.00 e. The quantitative estimate of drug-likeness (QED) is 0.288. The molecular formula is H4F2NNa. The molecule has 0 aromatic heterocycles. The minimum Gasteiger partial charge on any atom is -1.00 e. The van der Waals surface area contributed by atoms with E-state index in [1.807, 2.05) is 0 Å². The van der Waals surface area contributed by atoms with Crippen molar-refractivity contribution in [3.8, 4) is 0 Å². The van der Waals surface area contributed by atoms with Gasteiger partial charge in [0, 0.05) is 0 Å². The molecule has 0 rings (SSSR count). The van der Waals surface area contributed by atoms with Crippen LogP contribution in [0, 0.1) is 0 Å². The van der Waals surface area contributed by atoms with E-state index in [0.29, 0.717) is 0 Å². The van der Waals surface area contributed by atoms with Gasteiger partial charge in [0.05, 0.1) is 0 Å². The van der Waals surface area contributed by atoms with E-state index in [2.05, 4.69) is 0 Å². The minimum absolute atomic E-state index is 0.